The number of carbonyl (C=O) groups is 2. The minimum atomic E-state index is -0.149. The monoisotopic (exact) mass is 438 g/mol. The van der Waals surface area contributed by atoms with Gasteiger partial charge < -0.3 is 14.2 Å². The molecule has 2 amide bonds. The highest BCUT2D eigenvalue weighted by Gasteiger charge is 2.33. The predicted molar refractivity (Wildman–Crippen MR) is 116 cm³/mol. The third kappa shape index (κ3) is 3.85. The quantitative estimate of drug-likeness (QED) is 0.620. The van der Waals surface area contributed by atoms with Gasteiger partial charge in [0.1, 0.15) is 5.69 Å². The van der Waals surface area contributed by atoms with Gasteiger partial charge in [0, 0.05) is 43.2 Å². The van der Waals surface area contributed by atoms with E-state index in [0.29, 0.717) is 48.3 Å². The van der Waals surface area contributed by atoms with Crippen molar-refractivity contribution in [2.24, 2.45) is 5.92 Å². The van der Waals surface area contributed by atoms with Crippen LogP contribution in [0.4, 0.5) is 0 Å². The Labute approximate surface area is 185 Å². The second-order valence-corrected chi connectivity index (χ2v) is 8.47. The molecule has 2 aliphatic rings. The van der Waals surface area contributed by atoms with Gasteiger partial charge in [0.25, 0.3) is 5.91 Å². The van der Waals surface area contributed by atoms with Crippen LogP contribution in [0.15, 0.2) is 53.1 Å². The van der Waals surface area contributed by atoms with Crippen LogP contribution < -0.4 is 0 Å². The number of hydrogen-bond donors (Lipinski definition) is 0. The SMILES string of the molecule is O=C(c1cc(-c2ccco2)n(-c2cccc(Cl)c2)n1)N1CCN(C(=O)C2CCC2)CC1. The summed E-state index contributed by atoms with van der Waals surface area (Å²) < 4.78 is 7.24. The number of amides is 2. The van der Waals surface area contributed by atoms with Gasteiger partial charge in [-0.15, -0.1) is 0 Å². The van der Waals surface area contributed by atoms with Crippen molar-refractivity contribution >= 4 is 23.4 Å². The molecule has 1 aliphatic heterocycles. The Morgan fingerprint density at radius 2 is 1.77 bits per heavy atom. The number of aromatic nitrogens is 2. The molecule has 3 heterocycles. The minimum absolute atomic E-state index is 0.149. The van der Waals surface area contributed by atoms with Crippen molar-refractivity contribution in [3.8, 4) is 17.1 Å². The van der Waals surface area contributed by atoms with Crippen LogP contribution in [0.25, 0.3) is 17.1 Å². The number of hydrogen-bond acceptors (Lipinski definition) is 4. The number of carbonyl (C=O) groups excluding carboxylic acids is 2. The van der Waals surface area contributed by atoms with Crippen molar-refractivity contribution in [3.63, 3.8) is 0 Å². The number of nitrogens with zero attached hydrogens (tertiary/aromatic N) is 4. The van der Waals surface area contributed by atoms with E-state index >= 15 is 0 Å². The van der Waals surface area contributed by atoms with Gasteiger partial charge in [-0.2, -0.15) is 5.10 Å². The first-order valence-corrected chi connectivity index (χ1v) is 11.0. The first kappa shape index (κ1) is 19.9. The van der Waals surface area contributed by atoms with E-state index in [1.165, 1.54) is 0 Å². The number of halogens is 1. The molecule has 0 unspecified atom stereocenters. The molecular weight excluding hydrogens is 416 g/mol. The molecule has 1 saturated heterocycles. The molecule has 5 rings (SSSR count). The number of furan rings is 1. The molecular formula is C23H23ClN4O3. The van der Waals surface area contributed by atoms with E-state index in [4.69, 9.17) is 16.0 Å². The summed E-state index contributed by atoms with van der Waals surface area (Å²) >= 11 is 6.17. The van der Waals surface area contributed by atoms with Crippen molar-refractivity contribution in [2.45, 2.75) is 19.3 Å². The molecule has 31 heavy (non-hydrogen) atoms. The van der Waals surface area contributed by atoms with Crippen molar-refractivity contribution < 1.29 is 14.0 Å². The Morgan fingerprint density at radius 1 is 1.00 bits per heavy atom. The molecule has 0 atom stereocenters. The van der Waals surface area contributed by atoms with Crippen molar-refractivity contribution in [2.75, 3.05) is 26.2 Å². The summed E-state index contributed by atoms with van der Waals surface area (Å²) in [7, 11) is 0. The van der Waals surface area contributed by atoms with Crippen molar-refractivity contribution in [1.82, 2.24) is 19.6 Å². The molecule has 8 heteroatoms. The van der Waals surface area contributed by atoms with Gasteiger partial charge >= 0.3 is 0 Å². The van der Waals surface area contributed by atoms with Crippen LogP contribution in [0.2, 0.25) is 5.02 Å². The van der Waals surface area contributed by atoms with Gasteiger partial charge in [-0.05, 0) is 43.2 Å². The van der Waals surface area contributed by atoms with Crippen molar-refractivity contribution in [3.05, 3.63) is 59.4 Å². The zero-order valence-electron chi connectivity index (χ0n) is 17.0. The lowest BCUT2D eigenvalue weighted by Crippen LogP contribution is -2.52. The Hall–Kier alpha value is -3.06. The molecule has 3 aromatic rings. The van der Waals surface area contributed by atoms with Crippen LogP contribution in [-0.4, -0.2) is 57.6 Å². The lowest BCUT2D eigenvalue weighted by atomic mass is 9.84. The zero-order chi connectivity index (χ0) is 21.4. The van der Waals surface area contributed by atoms with E-state index < -0.39 is 0 Å². The summed E-state index contributed by atoms with van der Waals surface area (Å²) in [6, 6.07) is 12.7. The third-order valence-corrected chi connectivity index (χ3v) is 6.32. The molecule has 2 aromatic heterocycles. The Kier molecular flexibility index (Phi) is 5.28. The first-order chi connectivity index (χ1) is 15.1. The van der Waals surface area contributed by atoms with E-state index in [2.05, 4.69) is 5.10 Å². The number of benzene rings is 1. The van der Waals surface area contributed by atoms with Crippen LogP contribution in [0, 0.1) is 5.92 Å². The Balaban J connectivity index is 1.37. The van der Waals surface area contributed by atoms with Crippen LogP contribution in [0.1, 0.15) is 29.8 Å². The fourth-order valence-electron chi connectivity index (χ4n) is 4.10. The maximum Gasteiger partial charge on any atom is 0.274 e. The van der Waals surface area contributed by atoms with Crippen LogP contribution in [-0.2, 0) is 4.79 Å². The summed E-state index contributed by atoms with van der Waals surface area (Å²) in [5.74, 6) is 0.891. The normalized spacial score (nSPS) is 16.9. The summed E-state index contributed by atoms with van der Waals surface area (Å²) in [4.78, 5) is 29.3. The molecule has 0 spiro atoms. The largest absolute Gasteiger partial charge is 0.463 e. The van der Waals surface area contributed by atoms with Crippen LogP contribution in [0.5, 0.6) is 0 Å². The Bertz CT molecular complexity index is 1100. The van der Waals surface area contributed by atoms with E-state index in [9.17, 15) is 9.59 Å². The highest BCUT2D eigenvalue weighted by molar-refractivity contribution is 6.30. The van der Waals surface area contributed by atoms with Crippen LogP contribution in [0.3, 0.4) is 0 Å². The molecule has 1 saturated carbocycles. The molecule has 0 radical (unpaired) electrons. The number of piperazine rings is 1. The highest BCUT2D eigenvalue weighted by Crippen LogP contribution is 2.29. The molecule has 1 aromatic carbocycles. The molecule has 160 valence electrons. The molecule has 0 bridgehead atoms. The van der Waals surface area contributed by atoms with E-state index in [1.807, 2.05) is 23.1 Å². The second-order valence-electron chi connectivity index (χ2n) is 8.03. The summed E-state index contributed by atoms with van der Waals surface area (Å²) in [5.41, 5.74) is 1.76. The fourth-order valence-corrected chi connectivity index (χ4v) is 4.28. The fraction of sp³-hybridized carbons (Fsp3) is 0.348. The predicted octanol–water partition coefficient (Wildman–Crippen LogP) is 3.87. The minimum Gasteiger partial charge on any atom is -0.463 e. The maximum atomic E-state index is 13.2. The van der Waals surface area contributed by atoms with E-state index in [1.54, 1.807) is 40.1 Å². The number of rotatable bonds is 4. The third-order valence-electron chi connectivity index (χ3n) is 6.09. The maximum absolute atomic E-state index is 13.2. The van der Waals surface area contributed by atoms with Gasteiger partial charge in [0.15, 0.2) is 11.5 Å². The van der Waals surface area contributed by atoms with Gasteiger partial charge in [-0.1, -0.05) is 24.1 Å². The first-order valence-electron chi connectivity index (χ1n) is 10.6. The van der Waals surface area contributed by atoms with Crippen molar-refractivity contribution in [1.29, 1.82) is 0 Å². The molecule has 2 fully saturated rings. The standard InChI is InChI=1S/C23H23ClN4O3/c24-17-6-2-7-18(14-17)28-20(21-8-3-13-31-21)15-19(25-28)23(30)27-11-9-26(10-12-27)22(29)16-4-1-5-16/h2-3,6-8,13-16H,1,4-5,9-12H2. The molecule has 7 nitrogen and oxygen atoms in total. The van der Waals surface area contributed by atoms with Gasteiger partial charge in [-0.3, -0.25) is 9.59 Å². The van der Waals surface area contributed by atoms with Gasteiger partial charge in [0.2, 0.25) is 5.91 Å². The van der Waals surface area contributed by atoms with E-state index in [0.717, 1.165) is 24.9 Å². The lowest BCUT2D eigenvalue weighted by Gasteiger charge is -2.38. The van der Waals surface area contributed by atoms with Gasteiger partial charge in [-0.25, -0.2) is 4.68 Å². The second kappa shape index (κ2) is 8.23. The topological polar surface area (TPSA) is 71.6 Å². The summed E-state index contributed by atoms with van der Waals surface area (Å²) in [5, 5.41) is 5.17. The smallest absolute Gasteiger partial charge is 0.274 e. The molecule has 0 N–H and O–H groups in total. The lowest BCUT2D eigenvalue weighted by molar-refractivity contribution is -0.139. The summed E-state index contributed by atoms with van der Waals surface area (Å²) in [6.07, 6.45) is 4.72. The highest BCUT2D eigenvalue weighted by atomic mass is 35.5. The summed E-state index contributed by atoms with van der Waals surface area (Å²) in [6.45, 7) is 2.16. The molecule has 1 aliphatic carbocycles. The Morgan fingerprint density at radius 3 is 2.42 bits per heavy atom. The van der Waals surface area contributed by atoms with E-state index in [-0.39, 0.29) is 17.7 Å². The average molecular weight is 439 g/mol. The van der Waals surface area contributed by atoms with Crippen LogP contribution >= 0.6 is 11.6 Å². The zero-order valence-corrected chi connectivity index (χ0v) is 17.8. The van der Waals surface area contributed by atoms with Gasteiger partial charge in [0.05, 0.1) is 12.0 Å². The average Bonchev–Trinajstić information content (AvgIpc) is 3.42.